The molecule has 12 nitrogen and oxygen atoms in total. The summed E-state index contributed by atoms with van der Waals surface area (Å²) in [6, 6.07) is 14.1. The summed E-state index contributed by atoms with van der Waals surface area (Å²) in [5.74, 6) is 1.84. The van der Waals surface area contributed by atoms with Crippen molar-refractivity contribution in [3.8, 4) is 11.6 Å². The van der Waals surface area contributed by atoms with E-state index in [1.54, 1.807) is 29.4 Å². The molecule has 1 fully saturated rings. The molecule has 2 aromatic carbocycles. The van der Waals surface area contributed by atoms with Gasteiger partial charge in [0.1, 0.15) is 36.2 Å². The van der Waals surface area contributed by atoms with Gasteiger partial charge in [0.25, 0.3) is 6.02 Å². The Kier molecular flexibility index (Phi) is 5.89. The molecular formula is C28H28N10O2. The minimum absolute atomic E-state index is 0.186. The van der Waals surface area contributed by atoms with Gasteiger partial charge in [-0.15, -0.1) is 10.2 Å². The van der Waals surface area contributed by atoms with Gasteiger partial charge < -0.3 is 25.0 Å². The van der Waals surface area contributed by atoms with Crippen molar-refractivity contribution < 1.29 is 9.47 Å². The third kappa shape index (κ3) is 4.73. The van der Waals surface area contributed by atoms with Crippen LogP contribution in [-0.4, -0.2) is 72.8 Å². The number of piperidine rings is 1. The van der Waals surface area contributed by atoms with Gasteiger partial charge >= 0.3 is 0 Å². The van der Waals surface area contributed by atoms with E-state index in [1.807, 2.05) is 43.3 Å². The molecule has 0 atom stereocenters. The second-order valence-corrected chi connectivity index (χ2v) is 10.3. The molecule has 0 amide bonds. The van der Waals surface area contributed by atoms with Crippen LogP contribution in [0, 0.1) is 6.92 Å². The second-order valence-electron chi connectivity index (χ2n) is 10.3. The van der Waals surface area contributed by atoms with Crippen molar-refractivity contribution in [1.29, 1.82) is 0 Å². The monoisotopic (exact) mass is 536 g/mol. The van der Waals surface area contributed by atoms with Crippen molar-refractivity contribution >= 4 is 39.8 Å². The number of hydrogen-bond acceptors (Lipinski definition) is 11. The summed E-state index contributed by atoms with van der Waals surface area (Å²) in [5.41, 5.74) is 3.99. The molecule has 2 N–H and O–H groups in total. The van der Waals surface area contributed by atoms with Gasteiger partial charge in [0.2, 0.25) is 5.88 Å². The lowest BCUT2D eigenvalue weighted by atomic mass is 9.92. The number of likely N-dealkylation sites (tertiary alicyclic amines) is 1. The summed E-state index contributed by atoms with van der Waals surface area (Å²) in [6.45, 7) is 4.72. The molecule has 2 aliphatic heterocycles. The standard InChI is InChI=1S/C28H28N10O2/c1-18-11-19(4-6-23(18)39-25-13-24-36-33-17-38(24)16-32-25)34-26-21-12-20(3-5-22(21)30-15-31-26)35-27-29-14-28(40-27)7-9-37(2)10-8-28/h3-6,11-13,15-17H,7-10,14H2,1-2H3,(H,29,35)(H,30,31,34). The van der Waals surface area contributed by atoms with Crippen LogP contribution in [0.4, 0.5) is 17.2 Å². The molecule has 0 saturated carbocycles. The van der Waals surface area contributed by atoms with Crippen LogP contribution < -0.4 is 15.4 Å². The van der Waals surface area contributed by atoms with Gasteiger partial charge in [0.05, 0.1) is 12.1 Å². The van der Waals surface area contributed by atoms with Gasteiger partial charge in [-0.25, -0.2) is 19.9 Å². The Balaban J connectivity index is 1.08. The lowest BCUT2D eigenvalue weighted by Crippen LogP contribution is -2.45. The normalized spacial score (nSPS) is 16.7. The molecule has 7 rings (SSSR count). The van der Waals surface area contributed by atoms with E-state index in [-0.39, 0.29) is 5.60 Å². The second kappa shape index (κ2) is 9.72. The van der Waals surface area contributed by atoms with Gasteiger partial charge in [0.15, 0.2) is 5.65 Å². The molecule has 12 heteroatoms. The molecule has 40 heavy (non-hydrogen) atoms. The number of nitrogens with one attached hydrogen (secondary N) is 2. The highest BCUT2D eigenvalue weighted by atomic mass is 16.5. The van der Waals surface area contributed by atoms with E-state index in [0.717, 1.165) is 53.8 Å². The van der Waals surface area contributed by atoms with Crippen LogP contribution in [-0.2, 0) is 4.74 Å². The van der Waals surface area contributed by atoms with Crippen molar-refractivity contribution in [1.82, 2.24) is 34.4 Å². The van der Waals surface area contributed by atoms with Crippen molar-refractivity contribution in [3.63, 3.8) is 0 Å². The zero-order valence-electron chi connectivity index (χ0n) is 22.2. The predicted octanol–water partition coefficient (Wildman–Crippen LogP) is 4.17. The lowest BCUT2D eigenvalue weighted by molar-refractivity contribution is 0.0220. The molecule has 0 radical (unpaired) electrons. The van der Waals surface area contributed by atoms with Crippen LogP contribution in [0.5, 0.6) is 11.6 Å². The van der Waals surface area contributed by atoms with Gasteiger partial charge in [-0.2, -0.15) is 0 Å². The number of fused-ring (bicyclic) bond motifs is 2. The van der Waals surface area contributed by atoms with Crippen molar-refractivity contribution in [2.45, 2.75) is 25.4 Å². The Bertz CT molecular complexity index is 1740. The average Bonchev–Trinajstić information content (AvgIpc) is 3.59. The zero-order chi connectivity index (χ0) is 27.1. The number of anilines is 3. The van der Waals surface area contributed by atoms with Crippen LogP contribution in [0.2, 0.25) is 0 Å². The first-order valence-corrected chi connectivity index (χ1v) is 13.2. The number of rotatable bonds is 5. The average molecular weight is 537 g/mol. The summed E-state index contributed by atoms with van der Waals surface area (Å²) in [6.07, 6.45) is 6.74. The molecule has 2 aliphatic rings. The van der Waals surface area contributed by atoms with Gasteiger partial charge in [-0.3, -0.25) is 4.40 Å². The third-order valence-corrected chi connectivity index (χ3v) is 7.42. The first-order chi connectivity index (χ1) is 19.5. The summed E-state index contributed by atoms with van der Waals surface area (Å²) in [4.78, 5) is 20.3. The molecule has 1 saturated heterocycles. The molecule has 0 unspecified atom stereocenters. The fourth-order valence-corrected chi connectivity index (χ4v) is 5.05. The van der Waals surface area contributed by atoms with Crippen molar-refractivity contribution in [3.05, 3.63) is 67.0 Å². The Hall–Kier alpha value is -4.84. The molecule has 202 valence electrons. The first kappa shape index (κ1) is 24.2. The van der Waals surface area contributed by atoms with E-state index in [0.29, 0.717) is 35.7 Å². The highest BCUT2D eigenvalue weighted by Gasteiger charge is 2.40. The topological polar surface area (TPSA) is 127 Å². The fraction of sp³-hybridized carbons (Fsp3) is 0.286. The molecule has 5 aromatic rings. The highest BCUT2D eigenvalue weighted by Crippen LogP contribution is 2.33. The lowest BCUT2D eigenvalue weighted by Gasteiger charge is -2.36. The first-order valence-electron chi connectivity index (χ1n) is 13.2. The predicted molar refractivity (Wildman–Crippen MR) is 151 cm³/mol. The number of amidine groups is 1. The minimum Gasteiger partial charge on any atom is -0.456 e. The van der Waals surface area contributed by atoms with Crippen LogP contribution in [0.1, 0.15) is 18.4 Å². The molecular weight excluding hydrogens is 508 g/mol. The summed E-state index contributed by atoms with van der Waals surface area (Å²) < 4.78 is 14.0. The van der Waals surface area contributed by atoms with Gasteiger partial charge in [-0.1, -0.05) is 0 Å². The number of nitrogens with zero attached hydrogens (tertiary/aromatic N) is 8. The maximum atomic E-state index is 6.31. The molecule has 0 aliphatic carbocycles. The molecule has 3 aromatic heterocycles. The van der Waals surface area contributed by atoms with E-state index >= 15 is 0 Å². The number of hydrogen-bond donors (Lipinski definition) is 2. The number of aliphatic imine (C=N–C) groups is 1. The highest BCUT2D eigenvalue weighted by molar-refractivity contribution is 5.97. The van der Waals surface area contributed by atoms with E-state index in [1.165, 1.54) is 0 Å². The maximum absolute atomic E-state index is 6.31. The Morgan fingerprint density at radius 3 is 2.67 bits per heavy atom. The maximum Gasteiger partial charge on any atom is 0.289 e. The van der Waals surface area contributed by atoms with Crippen molar-refractivity contribution in [2.24, 2.45) is 4.99 Å². The summed E-state index contributed by atoms with van der Waals surface area (Å²) in [7, 11) is 2.15. The van der Waals surface area contributed by atoms with Crippen LogP contribution in [0.3, 0.4) is 0 Å². The number of aryl methyl sites for hydroxylation is 1. The van der Waals surface area contributed by atoms with Crippen LogP contribution in [0.15, 0.2) is 66.4 Å². The van der Waals surface area contributed by atoms with E-state index < -0.39 is 0 Å². The Morgan fingerprint density at radius 2 is 1.80 bits per heavy atom. The summed E-state index contributed by atoms with van der Waals surface area (Å²) in [5, 5.41) is 15.6. The molecule has 0 bridgehead atoms. The van der Waals surface area contributed by atoms with E-state index in [9.17, 15) is 0 Å². The Labute approximate surface area is 230 Å². The molecule has 5 heterocycles. The largest absolute Gasteiger partial charge is 0.456 e. The molecule has 1 spiro atoms. The summed E-state index contributed by atoms with van der Waals surface area (Å²) >= 11 is 0. The Morgan fingerprint density at radius 1 is 0.950 bits per heavy atom. The van der Waals surface area contributed by atoms with Crippen LogP contribution >= 0.6 is 0 Å². The zero-order valence-corrected chi connectivity index (χ0v) is 22.2. The third-order valence-electron chi connectivity index (χ3n) is 7.42. The van der Waals surface area contributed by atoms with Crippen molar-refractivity contribution in [2.75, 3.05) is 37.3 Å². The van der Waals surface area contributed by atoms with E-state index in [4.69, 9.17) is 9.47 Å². The fourth-order valence-electron chi connectivity index (χ4n) is 5.05. The SMILES string of the molecule is Cc1cc(Nc2ncnc3ccc(NC4=NCC5(CCN(C)CC5)O4)cc23)ccc1Oc1cc2nncn2cn1. The van der Waals surface area contributed by atoms with Crippen LogP contribution in [0.25, 0.3) is 16.6 Å². The smallest absolute Gasteiger partial charge is 0.289 e. The minimum atomic E-state index is -0.186. The van der Waals surface area contributed by atoms with Gasteiger partial charge in [-0.05, 0) is 55.9 Å². The number of benzene rings is 2. The number of ether oxygens (including phenoxy) is 2. The van der Waals surface area contributed by atoms with E-state index in [2.05, 4.69) is 52.7 Å². The van der Waals surface area contributed by atoms with Gasteiger partial charge in [0, 0.05) is 48.8 Å². The quantitative estimate of drug-likeness (QED) is 0.338. The number of aromatic nitrogens is 6.